The van der Waals surface area contributed by atoms with Crippen molar-refractivity contribution in [2.75, 3.05) is 5.32 Å². The van der Waals surface area contributed by atoms with Gasteiger partial charge in [-0.2, -0.15) is 0 Å². The van der Waals surface area contributed by atoms with Gasteiger partial charge in [0.1, 0.15) is 5.78 Å². The Balaban J connectivity index is 1.54. The number of Topliss-reactive ketones (excluding diaryl/α,β-unsaturated/α-hetero) is 1. The van der Waals surface area contributed by atoms with Crippen LogP contribution in [0, 0.1) is 0 Å². The minimum Gasteiger partial charge on any atom is -0.341 e. The molecule has 1 N–H and O–H groups in total. The van der Waals surface area contributed by atoms with E-state index in [4.69, 9.17) is 0 Å². The van der Waals surface area contributed by atoms with E-state index in [1.54, 1.807) is 0 Å². The van der Waals surface area contributed by atoms with Crippen LogP contribution in [-0.4, -0.2) is 16.3 Å². The summed E-state index contributed by atoms with van der Waals surface area (Å²) in [6.07, 6.45) is 8.70. The summed E-state index contributed by atoms with van der Waals surface area (Å²) in [5.41, 5.74) is 3.10. The zero-order valence-corrected chi connectivity index (χ0v) is 18.4. The Morgan fingerprint density at radius 1 is 0.833 bits per heavy atom. The van der Waals surface area contributed by atoms with Crippen LogP contribution in [0.5, 0.6) is 0 Å². The van der Waals surface area contributed by atoms with Gasteiger partial charge in [-0.15, -0.1) is 0 Å². The number of anilines is 1. The summed E-state index contributed by atoms with van der Waals surface area (Å²) >= 11 is 0. The third-order valence-corrected chi connectivity index (χ3v) is 5.79. The van der Waals surface area contributed by atoms with Gasteiger partial charge >= 0.3 is 0 Å². The number of ketones is 1. The van der Waals surface area contributed by atoms with Crippen molar-refractivity contribution in [2.24, 2.45) is 0 Å². The Hall–Kier alpha value is -2.62. The number of hydrogen-bond donors (Lipinski definition) is 1. The molecule has 3 rings (SSSR count). The molecule has 0 spiro atoms. The van der Waals surface area contributed by atoms with Crippen LogP contribution in [0.1, 0.15) is 71.6 Å². The molecule has 1 amide bonds. The predicted octanol–water partition coefficient (Wildman–Crippen LogP) is 6.85. The smallest absolute Gasteiger partial charge is 0.231 e. The van der Waals surface area contributed by atoms with Gasteiger partial charge in [0.15, 0.2) is 0 Å². The maximum absolute atomic E-state index is 12.4. The molecular formula is C26H34N2O2. The number of nitrogens with one attached hydrogen (secondary N) is 1. The number of unbranched alkanes of at least 4 members (excludes halogenated alkanes) is 6. The van der Waals surface area contributed by atoms with Crippen molar-refractivity contribution in [3.05, 3.63) is 42.5 Å². The average Bonchev–Trinajstić information content (AvgIpc) is 3.06. The van der Waals surface area contributed by atoms with Crippen molar-refractivity contribution in [3.63, 3.8) is 0 Å². The highest BCUT2D eigenvalue weighted by molar-refractivity contribution is 6.10. The molecule has 3 aromatic rings. The molecule has 0 unspecified atom stereocenters. The van der Waals surface area contributed by atoms with Gasteiger partial charge in [-0.3, -0.25) is 9.59 Å². The van der Waals surface area contributed by atoms with Gasteiger partial charge in [-0.1, -0.05) is 63.6 Å². The summed E-state index contributed by atoms with van der Waals surface area (Å²) in [4.78, 5) is 24.5. The first-order valence-corrected chi connectivity index (χ1v) is 11.5. The highest BCUT2D eigenvalue weighted by Gasteiger charge is 2.13. The van der Waals surface area contributed by atoms with Crippen molar-refractivity contribution in [2.45, 2.75) is 78.2 Å². The second-order valence-corrected chi connectivity index (χ2v) is 8.13. The number of hydrogen-bond acceptors (Lipinski definition) is 2. The van der Waals surface area contributed by atoms with Crippen LogP contribution < -0.4 is 5.32 Å². The molecule has 30 heavy (non-hydrogen) atoms. The maximum atomic E-state index is 12.4. The van der Waals surface area contributed by atoms with E-state index in [1.165, 1.54) is 43.0 Å². The first kappa shape index (κ1) is 22.1. The lowest BCUT2D eigenvalue weighted by atomic mass is 10.1. The van der Waals surface area contributed by atoms with E-state index >= 15 is 0 Å². The van der Waals surface area contributed by atoms with Crippen LogP contribution in [0.25, 0.3) is 21.8 Å². The Kier molecular flexibility index (Phi) is 8.06. The van der Waals surface area contributed by atoms with Crippen LogP contribution in [0.2, 0.25) is 0 Å². The number of carbonyl (C=O) groups is 2. The van der Waals surface area contributed by atoms with Crippen LogP contribution in [-0.2, 0) is 16.1 Å². The van der Waals surface area contributed by atoms with Crippen molar-refractivity contribution >= 4 is 39.2 Å². The predicted molar refractivity (Wildman–Crippen MR) is 126 cm³/mol. The largest absolute Gasteiger partial charge is 0.341 e. The Bertz CT molecular complexity index is 1000. The maximum Gasteiger partial charge on any atom is 0.231 e. The third-order valence-electron chi connectivity index (χ3n) is 5.79. The molecule has 1 heterocycles. The van der Waals surface area contributed by atoms with Gasteiger partial charge in [-0.25, -0.2) is 0 Å². The summed E-state index contributed by atoms with van der Waals surface area (Å²) in [7, 11) is 0. The lowest BCUT2D eigenvalue weighted by Gasteiger charge is -2.07. The van der Waals surface area contributed by atoms with Gasteiger partial charge in [0, 0.05) is 40.5 Å². The molecule has 0 fully saturated rings. The first-order chi connectivity index (χ1) is 14.6. The van der Waals surface area contributed by atoms with E-state index in [2.05, 4.69) is 41.9 Å². The first-order valence-electron chi connectivity index (χ1n) is 11.5. The van der Waals surface area contributed by atoms with Crippen LogP contribution in [0.15, 0.2) is 42.5 Å². The minimum atomic E-state index is -0.221. The SMILES string of the molecule is CCCCCCCCCC(=O)CC(=O)Nc1ccc2c(c1)c1ccccc1n2CC. The summed E-state index contributed by atoms with van der Waals surface area (Å²) in [5, 5.41) is 5.22. The lowest BCUT2D eigenvalue weighted by Crippen LogP contribution is -2.16. The van der Waals surface area contributed by atoms with Crippen molar-refractivity contribution < 1.29 is 9.59 Å². The highest BCUT2D eigenvalue weighted by Crippen LogP contribution is 2.31. The fourth-order valence-corrected chi connectivity index (χ4v) is 4.22. The van der Waals surface area contributed by atoms with E-state index in [9.17, 15) is 9.59 Å². The number of para-hydroxylation sites is 1. The fraction of sp³-hybridized carbons (Fsp3) is 0.462. The highest BCUT2D eigenvalue weighted by atomic mass is 16.2. The topological polar surface area (TPSA) is 51.1 Å². The van der Waals surface area contributed by atoms with E-state index in [0.717, 1.165) is 36.0 Å². The zero-order valence-electron chi connectivity index (χ0n) is 18.4. The fourth-order valence-electron chi connectivity index (χ4n) is 4.22. The Morgan fingerprint density at radius 3 is 2.30 bits per heavy atom. The molecule has 0 aliphatic heterocycles. The van der Waals surface area contributed by atoms with Crippen molar-refractivity contribution in [1.82, 2.24) is 4.57 Å². The minimum absolute atomic E-state index is 0.0321. The van der Waals surface area contributed by atoms with Crippen LogP contribution in [0.4, 0.5) is 5.69 Å². The second-order valence-electron chi connectivity index (χ2n) is 8.13. The van der Waals surface area contributed by atoms with Gasteiger partial charge in [-0.05, 0) is 37.6 Å². The number of benzene rings is 2. The monoisotopic (exact) mass is 406 g/mol. The Labute approximate surface area is 179 Å². The molecule has 0 atom stereocenters. The standard InChI is InChI=1S/C26H34N2O2/c1-3-5-6-7-8-9-10-13-21(29)19-26(30)27-20-16-17-25-23(18-20)22-14-11-12-15-24(22)28(25)4-2/h11-12,14-18H,3-10,13,19H2,1-2H3,(H,27,30). The molecule has 0 saturated carbocycles. The third kappa shape index (κ3) is 5.50. The van der Waals surface area contributed by atoms with E-state index in [1.807, 2.05) is 24.3 Å². The van der Waals surface area contributed by atoms with Crippen LogP contribution >= 0.6 is 0 Å². The Morgan fingerprint density at radius 2 is 1.53 bits per heavy atom. The summed E-state index contributed by atoms with van der Waals surface area (Å²) < 4.78 is 2.28. The number of fused-ring (bicyclic) bond motifs is 3. The van der Waals surface area contributed by atoms with Crippen molar-refractivity contribution in [1.29, 1.82) is 0 Å². The molecule has 0 bridgehead atoms. The number of aryl methyl sites for hydroxylation is 1. The molecule has 0 saturated heterocycles. The molecule has 4 heteroatoms. The van der Waals surface area contributed by atoms with E-state index in [0.29, 0.717) is 6.42 Å². The van der Waals surface area contributed by atoms with Gasteiger partial charge in [0.25, 0.3) is 0 Å². The number of nitrogens with zero attached hydrogens (tertiary/aromatic N) is 1. The lowest BCUT2D eigenvalue weighted by molar-refractivity contribution is -0.125. The molecular weight excluding hydrogens is 372 g/mol. The molecule has 4 nitrogen and oxygen atoms in total. The van der Waals surface area contributed by atoms with E-state index < -0.39 is 0 Å². The summed E-state index contributed by atoms with van der Waals surface area (Å²) in [5.74, 6) is -0.189. The second kappa shape index (κ2) is 11.0. The molecule has 0 aliphatic carbocycles. The number of amides is 1. The number of carbonyl (C=O) groups excluding carboxylic acids is 2. The molecule has 0 radical (unpaired) electrons. The van der Waals surface area contributed by atoms with Crippen molar-refractivity contribution in [3.8, 4) is 0 Å². The quantitative estimate of drug-likeness (QED) is 0.264. The summed E-state index contributed by atoms with van der Waals surface area (Å²) in [6.45, 7) is 5.24. The number of rotatable bonds is 12. The average molecular weight is 407 g/mol. The van der Waals surface area contributed by atoms with Crippen LogP contribution in [0.3, 0.4) is 0 Å². The molecule has 160 valence electrons. The normalized spacial score (nSPS) is 11.3. The van der Waals surface area contributed by atoms with Gasteiger partial charge < -0.3 is 9.88 Å². The van der Waals surface area contributed by atoms with E-state index in [-0.39, 0.29) is 18.1 Å². The van der Waals surface area contributed by atoms with Gasteiger partial charge in [0.2, 0.25) is 5.91 Å². The molecule has 1 aromatic heterocycles. The number of aromatic nitrogens is 1. The molecule has 0 aliphatic rings. The summed E-state index contributed by atoms with van der Waals surface area (Å²) in [6, 6.07) is 14.3. The van der Waals surface area contributed by atoms with Gasteiger partial charge in [0.05, 0.1) is 6.42 Å². The molecule has 2 aromatic carbocycles. The zero-order chi connectivity index (χ0) is 21.3.